The van der Waals surface area contributed by atoms with Gasteiger partial charge in [-0.15, -0.1) is 11.3 Å². The fourth-order valence-corrected chi connectivity index (χ4v) is 2.82. The van der Waals surface area contributed by atoms with Crippen LogP contribution < -0.4 is 0 Å². The number of aromatic nitrogens is 1. The van der Waals surface area contributed by atoms with E-state index in [9.17, 15) is 19.3 Å². The van der Waals surface area contributed by atoms with Gasteiger partial charge in [0.1, 0.15) is 17.4 Å². The smallest absolute Gasteiger partial charge is 0.358 e. The Kier molecular flexibility index (Phi) is 4.80. The summed E-state index contributed by atoms with van der Waals surface area (Å²) in [7, 11) is 0. The maximum Gasteiger partial charge on any atom is 0.358 e. The van der Waals surface area contributed by atoms with Crippen LogP contribution in [0.3, 0.4) is 0 Å². The lowest BCUT2D eigenvalue weighted by molar-refractivity contribution is -0.384. The fourth-order valence-electron chi connectivity index (χ4n) is 2.03. The molecule has 0 atom stereocenters. The Bertz CT molecular complexity index is 907. The molecule has 0 unspecified atom stereocenters. The SMILES string of the molecule is O=C(OCc1ccc([N+](=O)[O-])cc1)c1csc(-c2ccc(F)cc2)n1. The molecule has 0 saturated carbocycles. The van der Waals surface area contributed by atoms with E-state index in [-0.39, 0.29) is 23.8 Å². The highest BCUT2D eigenvalue weighted by Crippen LogP contribution is 2.24. The van der Waals surface area contributed by atoms with Gasteiger partial charge in [-0.3, -0.25) is 10.1 Å². The molecule has 0 amide bonds. The molecular weight excluding hydrogens is 347 g/mol. The number of nitro groups is 1. The molecule has 1 heterocycles. The average Bonchev–Trinajstić information content (AvgIpc) is 3.11. The molecule has 6 nitrogen and oxygen atoms in total. The third-order valence-electron chi connectivity index (χ3n) is 3.32. The summed E-state index contributed by atoms with van der Waals surface area (Å²) < 4.78 is 18.1. The number of rotatable bonds is 5. The van der Waals surface area contributed by atoms with E-state index in [0.717, 1.165) is 0 Å². The van der Waals surface area contributed by atoms with Gasteiger partial charge in [0, 0.05) is 23.1 Å². The monoisotopic (exact) mass is 358 g/mol. The Hall–Kier alpha value is -3.13. The van der Waals surface area contributed by atoms with E-state index in [1.54, 1.807) is 17.5 Å². The van der Waals surface area contributed by atoms with Crippen molar-refractivity contribution in [3.8, 4) is 10.6 Å². The number of carbonyl (C=O) groups excluding carboxylic acids is 1. The lowest BCUT2D eigenvalue weighted by atomic mass is 10.2. The van der Waals surface area contributed by atoms with Crippen molar-refractivity contribution in [1.82, 2.24) is 4.98 Å². The first kappa shape index (κ1) is 16.7. The van der Waals surface area contributed by atoms with E-state index >= 15 is 0 Å². The van der Waals surface area contributed by atoms with Gasteiger partial charge in [0.15, 0.2) is 5.69 Å². The van der Waals surface area contributed by atoms with E-state index < -0.39 is 10.9 Å². The molecule has 0 N–H and O–H groups in total. The van der Waals surface area contributed by atoms with Crippen molar-refractivity contribution in [3.05, 3.63) is 81.1 Å². The lowest BCUT2D eigenvalue weighted by Crippen LogP contribution is -2.05. The van der Waals surface area contributed by atoms with E-state index in [4.69, 9.17) is 4.74 Å². The molecule has 0 aliphatic heterocycles. The third kappa shape index (κ3) is 4.04. The van der Waals surface area contributed by atoms with Crippen molar-refractivity contribution in [3.63, 3.8) is 0 Å². The standard InChI is InChI=1S/C17H11FN2O4S/c18-13-5-3-12(4-6-13)16-19-15(10-25-16)17(21)24-9-11-1-7-14(8-2-11)20(22)23/h1-8,10H,9H2. The van der Waals surface area contributed by atoms with Crippen molar-refractivity contribution in [2.45, 2.75) is 6.61 Å². The number of hydrogen-bond donors (Lipinski definition) is 0. The van der Waals surface area contributed by atoms with Gasteiger partial charge in [-0.1, -0.05) is 0 Å². The number of hydrogen-bond acceptors (Lipinski definition) is 6. The quantitative estimate of drug-likeness (QED) is 0.387. The summed E-state index contributed by atoms with van der Waals surface area (Å²) in [5, 5.41) is 12.7. The number of halogens is 1. The Morgan fingerprint density at radius 1 is 1.16 bits per heavy atom. The first-order chi connectivity index (χ1) is 12.0. The second-order valence-corrected chi connectivity index (χ2v) is 5.90. The van der Waals surface area contributed by atoms with Crippen molar-refractivity contribution in [2.75, 3.05) is 0 Å². The van der Waals surface area contributed by atoms with Crippen LogP contribution in [0.15, 0.2) is 53.9 Å². The molecule has 0 bridgehead atoms. The predicted octanol–water partition coefficient (Wildman–Crippen LogP) is 4.21. The van der Waals surface area contributed by atoms with Gasteiger partial charge < -0.3 is 4.74 Å². The van der Waals surface area contributed by atoms with Crippen LogP contribution in [-0.4, -0.2) is 15.9 Å². The zero-order chi connectivity index (χ0) is 17.8. The largest absolute Gasteiger partial charge is 0.456 e. The Labute approximate surface area is 145 Å². The first-order valence-corrected chi connectivity index (χ1v) is 8.03. The normalized spacial score (nSPS) is 10.4. The van der Waals surface area contributed by atoms with Crippen molar-refractivity contribution in [1.29, 1.82) is 0 Å². The number of esters is 1. The molecule has 1 aromatic heterocycles. The van der Waals surface area contributed by atoms with Crippen LogP contribution in [0.2, 0.25) is 0 Å². The van der Waals surface area contributed by atoms with E-state index in [0.29, 0.717) is 16.1 Å². The van der Waals surface area contributed by atoms with Crippen molar-refractivity contribution < 1.29 is 18.8 Å². The number of nitrogens with zero attached hydrogens (tertiary/aromatic N) is 2. The Morgan fingerprint density at radius 3 is 2.48 bits per heavy atom. The maximum atomic E-state index is 12.9. The molecule has 0 aliphatic rings. The fraction of sp³-hybridized carbons (Fsp3) is 0.0588. The topological polar surface area (TPSA) is 82.3 Å². The number of benzene rings is 2. The summed E-state index contributed by atoms with van der Waals surface area (Å²) in [6.07, 6.45) is 0. The van der Waals surface area contributed by atoms with Crippen LogP contribution in [-0.2, 0) is 11.3 Å². The molecule has 3 rings (SSSR count). The highest BCUT2D eigenvalue weighted by molar-refractivity contribution is 7.13. The number of carbonyl (C=O) groups is 1. The molecule has 0 spiro atoms. The van der Waals surface area contributed by atoms with Gasteiger partial charge in [0.05, 0.1) is 4.92 Å². The minimum atomic E-state index is -0.594. The molecular formula is C17H11FN2O4S. The molecule has 2 aromatic carbocycles. The van der Waals surface area contributed by atoms with Crippen LogP contribution in [0.4, 0.5) is 10.1 Å². The molecule has 8 heteroatoms. The van der Waals surface area contributed by atoms with E-state index in [2.05, 4.69) is 4.98 Å². The van der Waals surface area contributed by atoms with Crippen LogP contribution in [0, 0.1) is 15.9 Å². The van der Waals surface area contributed by atoms with Crippen molar-refractivity contribution in [2.24, 2.45) is 0 Å². The van der Waals surface area contributed by atoms with Gasteiger partial charge in [0.25, 0.3) is 5.69 Å². The van der Waals surface area contributed by atoms with Crippen LogP contribution in [0.5, 0.6) is 0 Å². The minimum Gasteiger partial charge on any atom is -0.456 e. The summed E-state index contributed by atoms with van der Waals surface area (Å²) in [5.74, 6) is -0.939. The van der Waals surface area contributed by atoms with Gasteiger partial charge in [-0.2, -0.15) is 0 Å². The van der Waals surface area contributed by atoms with Crippen LogP contribution in [0.1, 0.15) is 16.1 Å². The molecule has 126 valence electrons. The van der Waals surface area contributed by atoms with Gasteiger partial charge in [0.2, 0.25) is 0 Å². The highest BCUT2D eigenvalue weighted by Gasteiger charge is 2.14. The zero-order valence-corrected chi connectivity index (χ0v) is 13.5. The van der Waals surface area contributed by atoms with E-state index in [1.165, 1.54) is 47.7 Å². The third-order valence-corrected chi connectivity index (χ3v) is 4.21. The lowest BCUT2D eigenvalue weighted by Gasteiger charge is -2.03. The summed E-state index contributed by atoms with van der Waals surface area (Å²) in [5.41, 5.74) is 1.47. The maximum absolute atomic E-state index is 12.9. The molecule has 0 fully saturated rings. The number of non-ortho nitro benzene ring substituents is 1. The summed E-state index contributed by atoms with van der Waals surface area (Å²) in [6, 6.07) is 11.6. The van der Waals surface area contributed by atoms with Gasteiger partial charge in [-0.25, -0.2) is 14.2 Å². The molecule has 0 radical (unpaired) electrons. The minimum absolute atomic E-state index is 0.0137. The second kappa shape index (κ2) is 7.18. The van der Waals surface area contributed by atoms with Crippen LogP contribution >= 0.6 is 11.3 Å². The molecule has 25 heavy (non-hydrogen) atoms. The van der Waals surface area contributed by atoms with Gasteiger partial charge in [-0.05, 0) is 42.0 Å². The number of thiazole rings is 1. The molecule has 0 saturated heterocycles. The zero-order valence-electron chi connectivity index (χ0n) is 12.7. The summed E-state index contributed by atoms with van der Waals surface area (Å²) in [4.78, 5) is 26.3. The Morgan fingerprint density at radius 2 is 1.84 bits per heavy atom. The number of nitro benzene ring substituents is 1. The summed E-state index contributed by atoms with van der Waals surface area (Å²) in [6.45, 7) is -0.0137. The van der Waals surface area contributed by atoms with Gasteiger partial charge >= 0.3 is 5.97 Å². The van der Waals surface area contributed by atoms with E-state index in [1.807, 2.05) is 0 Å². The first-order valence-electron chi connectivity index (χ1n) is 7.15. The summed E-state index contributed by atoms with van der Waals surface area (Å²) >= 11 is 1.25. The van der Waals surface area contributed by atoms with Crippen molar-refractivity contribution >= 4 is 23.0 Å². The average molecular weight is 358 g/mol. The van der Waals surface area contributed by atoms with Crippen LogP contribution in [0.25, 0.3) is 10.6 Å². The Balaban J connectivity index is 1.63. The highest BCUT2D eigenvalue weighted by atomic mass is 32.1. The molecule has 3 aromatic rings. The molecule has 0 aliphatic carbocycles. The second-order valence-electron chi connectivity index (χ2n) is 5.04. The number of ether oxygens (including phenoxy) is 1. The predicted molar refractivity (Wildman–Crippen MR) is 89.7 cm³/mol.